The van der Waals surface area contributed by atoms with E-state index in [1.807, 2.05) is 85.8 Å². The van der Waals surface area contributed by atoms with Gasteiger partial charge in [-0.05, 0) is 66.2 Å². The quantitative estimate of drug-likeness (QED) is 0.371. The Morgan fingerprint density at radius 1 is 0.903 bits per heavy atom. The molecule has 3 N–H and O–H groups in total. The van der Waals surface area contributed by atoms with E-state index in [9.17, 15) is 4.79 Å². The van der Waals surface area contributed by atoms with Gasteiger partial charge in [0.2, 0.25) is 0 Å². The van der Waals surface area contributed by atoms with Gasteiger partial charge in [-0.15, -0.1) is 0 Å². The summed E-state index contributed by atoms with van der Waals surface area (Å²) in [6.45, 7) is 2.53. The van der Waals surface area contributed by atoms with Crippen molar-refractivity contribution in [3.8, 4) is 5.75 Å². The van der Waals surface area contributed by atoms with Crippen LogP contribution in [0.3, 0.4) is 0 Å². The number of anilines is 2. The molecule has 0 unspecified atom stereocenters. The molecule has 5 nitrogen and oxygen atoms in total. The van der Waals surface area contributed by atoms with Gasteiger partial charge in [-0.2, -0.15) is 0 Å². The van der Waals surface area contributed by atoms with E-state index in [4.69, 9.17) is 15.5 Å². The first-order chi connectivity index (χ1) is 15.1. The minimum absolute atomic E-state index is 0.166. The molecule has 0 bridgehead atoms. The summed E-state index contributed by atoms with van der Waals surface area (Å²) in [7, 11) is 0. The number of rotatable bonds is 4. The van der Waals surface area contributed by atoms with Gasteiger partial charge in [0.15, 0.2) is 0 Å². The van der Waals surface area contributed by atoms with E-state index in [1.165, 1.54) is 0 Å². The molecule has 0 aliphatic heterocycles. The SMILES string of the molecule is CCOc1ccc2nc3cc(NC(=O)c4ccc5ccccc5c4)ccc3c(N)c2c1. The summed E-state index contributed by atoms with van der Waals surface area (Å²) >= 11 is 0. The molecule has 0 atom stereocenters. The second kappa shape index (κ2) is 7.61. The summed E-state index contributed by atoms with van der Waals surface area (Å²) in [6.07, 6.45) is 0. The lowest BCUT2D eigenvalue weighted by Crippen LogP contribution is -2.11. The van der Waals surface area contributed by atoms with Crippen LogP contribution in [-0.4, -0.2) is 17.5 Å². The van der Waals surface area contributed by atoms with Gasteiger partial charge in [0.05, 0.1) is 23.3 Å². The summed E-state index contributed by atoms with van der Waals surface area (Å²) in [6, 6.07) is 24.9. The molecule has 0 radical (unpaired) electrons. The van der Waals surface area contributed by atoms with Crippen molar-refractivity contribution < 1.29 is 9.53 Å². The number of ether oxygens (including phenoxy) is 1. The van der Waals surface area contributed by atoms with Crippen molar-refractivity contribution >= 4 is 49.9 Å². The van der Waals surface area contributed by atoms with E-state index < -0.39 is 0 Å². The van der Waals surface area contributed by atoms with Crippen molar-refractivity contribution in [2.75, 3.05) is 17.7 Å². The maximum atomic E-state index is 12.8. The molecule has 5 aromatic rings. The van der Waals surface area contributed by atoms with Crippen LogP contribution in [0, 0.1) is 0 Å². The van der Waals surface area contributed by atoms with Crippen LogP contribution in [0.4, 0.5) is 11.4 Å². The zero-order valence-electron chi connectivity index (χ0n) is 17.1. The minimum atomic E-state index is -0.166. The third-order valence-electron chi connectivity index (χ3n) is 5.37. The summed E-state index contributed by atoms with van der Waals surface area (Å²) in [5, 5.41) is 6.79. The molecule has 0 fully saturated rings. The number of nitrogens with zero attached hydrogens (tertiary/aromatic N) is 1. The second-order valence-corrected chi connectivity index (χ2v) is 7.39. The number of aromatic nitrogens is 1. The monoisotopic (exact) mass is 407 g/mol. The highest BCUT2D eigenvalue weighted by molar-refractivity contribution is 6.10. The highest BCUT2D eigenvalue weighted by Crippen LogP contribution is 2.32. The topological polar surface area (TPSA) is 77.2 Å². The minimum Gasteiger partial charge on any atom is -0.494 e. The summed E-state index contributed by atoms with van der Waals surface area (Å²) < 4.78 is 5.58. The Bertz CT molecular complexity index is 1460. The molecule has 0 aliphatic carbocycles. The molecule has 0 saturated heterocycles. The van der Waals surface area contributed by atoms with E-state index in [0.717, 1.165) is 38.3 Å². The summed E-state index contributed by atoms with van der Waals surface area (Å²) in [5.41, 5.74) is 9.86. The van der Waals surface area contributed by atoms with Crippen LogP contribution in [-0.2, 0) is 0 Å². The maximum absolute atomic E-state index is 12.8. The highest BCUT2D eigenvalue weighted by Gasteiger charge is 2.11. The first-order valence-corrected chi connectivity index (χ1v) is 10.2. The number of nitrogen functional groups attached to an aromatic ring is 1. The standard InChI is InChI=1S/C26H21N3O2/c1-2-31-20-10-12-23-22(15-20)25(27)21-11-9-19(14-24(21)29-23)28-26(30)18-8-7-16-5-3-4-6-17(16)13-18/h3-15H,2H2,1H3,(H2,27,29)(H,28,30). The van der Waals surface area contributed by atoms with E-state index in [2.05, 4.69) is 5.32 Å². The van der Waals surface area contributed by atoms with Crippen molar-refractivity contribution in [2.24, 2.45) is 0 Å². The lowest BCUT2D eigenvalue weighted by atomic mass is 10.1. The van der Waals surface area contributed by atoms with Crippen molar-refractivity contribution in [3.05, 3.63) is 84.4 Å². The fourth-order valence-corrected chi connectivity index (χ4v) is 3.82. The number of carbonyl (C=O) groups excluding carboxylic acids is 1. The van der Waals surface area contributed by atoms with Crippen LogP contribution in [0.2, 0.25) is 0 Å². The zero-order chi connectivity index (χ0) is 21.4. The molecule has 4 aromatic carbocycles. The molecule has 0 saturated carbocycles. The summed E-state index contributed by atoms with van der Waals surface area (Å²) in [5.74, 6) is 0.599. The van der Waals surface area contributed by atoms with Crippen LogP contribution in [0.15, 0.2) is 78.9 Å². The molecule has 1 amide bonds. The van der Waals surface area contributed by atoms with E-state index >= 15 is 0 Å². The highest BCUT2D eigenvalue weighted by atomic mass is 16.5. The smallest absolute Gasteiger partial charge is 0.255 e. The summed E-state index contributed by atoms with van der Waals surface area (Å²) in [4.78, 5) is 17.5. The molecular weight excluding hydrogens is 386 g/mol. The Labute approximate surface area is 179 Å². The van der Waals surface area contributed by atoms with Crippen molar-refractivity contribution in [1.29, 1.82) is 0 Å². The van der Waals surface area contributed by atoms with Crippen LogP contribution in [0.1, 0.15) is 17.3 Å². The van der Waals surface area contributed by atoms with Gasteiger partial charge in [-0.3, -0.25) is 4.79 Å². The number of pyridine rings is 1. The lowest BCUT2D eigenvalue weighted by molar-refractivity contribution is 0.102. The van der Waals surface area contributed by atoms with Crippen molar-refractivity contribution in [2.45, 2.75) is 6.92 Å². The molecule has 5 rings (SSSR count). The van der Waals surface area contributed by atoms with Crippen molar-refractivity contribution in [1.82, 2.24) is 4.98 Å². The number of fused-ring (bicyclic) bond motifs is 3. The molecule has 152 valence electrons. The Hall–Kier alpha value is -4.12. The Morgan fingerprint density at radius 2 is 1.74 bits per heavy atom. The fraction of sp³-hybridized carbons (Fsp3) is 0.0769. The van der Waals surface area contributed by atoms with Gasteiger partial charge in [0.1, 0.15) is 5.75 Å². The van der Waals surface area contributed by atoms with Gasteiger partial charge in [-0.1, -0.05) is 30.3 Å². The third-order valence-corrected chi connectivity index (χ3v) is 5.37. The van der Waals surface area contributed by atoms with Crippen molar-refractivity contribution in [3.63, 3.8) is 0 Å². The normalized spacial score (nSPS) is 11.1. The maximum Gasteiger partial charge on any atom is 0.255 e. The van der Waals surface area contributed by atoms with E-state index in [0.29, 0.717) is 23.5 Å². The first kappa shape index (κ1) is 18.9. The van der Waals surface area contributed by atoms with Gasteiger partial charge in [-0.25, -0.2) is 4.98 Å². The number of hydrogen-bond donors (Lipinski definition) is 2. The Balaban J connectivity index is 1.49. The lowest BCUT2D eigenvalue weighted by Gasteiger charge is -2.11. The Morgan fingerprint density at radius 3 is 2.58 bits per heavy atom. The van der Waals surface area contributed by atoms with Crippen LogP contribution >= 0.6 is 0 Å². The number of hydrogen-bond acceptors (Lipinski definition) is 4. The van der Waals surface area contributed by atoms with Gasteiger partial charge in [0, 0.05) is 22.0 Å². The third kappa shape index (κ3) is 3.51. The molecule has 1 heterocycles. The van der Waals surface area contributed by atoms with E-state index in [-0.39, 0.29) is 5.91 Å². The van der Waals surface area contributed by atoms with E-state index in [1.54, 1.807) is 0 Å². The predicted molar refractivity (Wildman–Crippen MR) is 127 cm³/mol. The van der Waals surface area contributed by atoms with Gasteiger partial charge < -0.3 is 15.8 Å². The number of amides is 1. The largest absolute Gasteiger partial charge is 0.494 e. The number of nitrogens with two attached hydrogens (primary N) is 1. The average Bonchev–Trinajstić information content (AvgIpc) is 2.79. The number of nitrogens with one attached hydrogen (secondary N) is 1. The molecule has 1 aromatic heterocycles. The predicted octanol–water partition coefficient (Wildman–Crippen LogP) is 5.77. The molecule has 0 aliphatic rings. The first-order valence-electron chi connectivity index (χ1n) is 10.2. The van der Waals surface area contributed by atoms with Gasteiger partial charge in [0.25, 0.3) is 5.91 Å². The zero-order valence-corrected chi connectivity index (χ0v) is 17.1. The molecule has 5 heteroatoms. The fourth-order valence-electron chi connectivity index (χ4n) is 3.82. The Kier molecular flexibility index (Phi) is 4.64. The molecule has 31 heavy (non-hydrogen) atoms. The molecular formula is C26H21N3O2. The van der Waals surface area contributed by atoms with Gasteiger partial charge >= 0.3 is 0 Å². The molecule has 0 spiro atoms. The second-order valence-electron chi connectivity index (χ2n) is 7.39. The average molecular weight is 407 g/mol. The van der Waals surface area contributed by atoms with Crippen LogP contribution in [0.5, 0.6) is 5.75 Å². The number of carbonyl (C=O) groups is 1. The number of benzene rings is 4. The van der Waals surface area contributed by atoms with Crippen LogP contribution in [0.25, 0.3) is 32.6 Å². The van der Waals surface area contributed by atoms with Crippen LogP contribution < -0.4 is 15.8 Å².